The Bertz CT molecular complexity index is 1370. The number of benzene rings is 3. The summed E-state index contributed by atoms with van der Waals surface area (Å²) in [4.78, 5) is 28.1. The van der Waals surface area contributed by atoms with Crippen LogP contribution in [-0.4, -0.2) is 43.3 Å². The molecule has 1 N–H and O–H groups in total. The zero-order valence-electron chi connectivity index (χ0n) is 22.3. The maximum atomic E-state index is 14.6. The van der Waals surface area contributed by atoms with E-state index in [0.717, 1.165) is 9.87 Å². The molecule has 0 fully saturated rings. The molecular weight excluding hydrogens is 505 g/mol. The molecule has 3 aromatic rings. The monoisotopic (exact) mass is 539 g/mol. The van der Waals surface area contributed by atoms with E-state index in [1.165, 1.54) is 35.2 Å². The highest BCUT2D eigenvalue weighted by Gasteiger charge is 2.33. The number of hydrogen-bond acceptors (Lipinski definition) is 4. The van der Waals surface area contributed by atoms with Crippen molar-refractivity contribution in [3.8, 4) is 0 Å². The molecule has 0 saturated carbocycles. The first-order valence-electron chi connectivity index (χ1n) is 12.3. The SMILES string of the molecule is Cc1ccc(N(CC(=O)N(Cc2ccccc2F)C(C)C(=O)NC(C)(C)C)S(=O)(=O)c2ccccc2)cc1. The van der Waals surface area contributed by atoms with E-state index in [2.05, 4.69) is 5.32 Å². The number of sulfonamides is 1. The fraction of sp³-hybridized carbons (Fsp3) is 0.310. The van der Waals surface area contributed by atoms with Crippen molar-refractivity contribution in [2.75, 3.05) is 10.8 Å². The highest BCUT2D eigenvalue weighted by molar-refractivity contribution is 7.92. The van der Waals surface area contributed by atoms with Crippen molar-refractivity contribution in [1.29, 1.82) is 0 Å². The quantitative estimate of drug-likeness (QED) is 0.429. The van der Waals surface area contributed by atoms with Gasteiger partial charge in [-0.1, -0.05) is 54.1 Å². The van der Waals surface area contributed by atoms with Crippen molar-refractivity contribution in [2.24, 2.45) is 0 Å². The van der Waals surface area contributed by atoms with E-state index in [1.54, 1.807) is 55.5 Å². The molecule has 0 bridgehead atoms. The number of carbonyl (C=O) groups is 2. The molecule has 9 heteroatoms. The van der Waals surface area contributed by atoms with Crippen LogP contribution in [0.4, 0.5) is 10.1 Å². The van der Waals surface area contributed by atoms with Gasteiger partial charge in [-0.2, -0.15) is 0 Å². The highest BCUT2D eigenvalue weighted by Crippen LogP contribution is 2.25. The Labute approximate surface area is 224 Å². The molecule has 0 heterocycles. The van der Waals surface area contributed by atoms with Crippen LogP contribution in [0.3, 0.4) is 0 Å². The van der Waals surface area contributed by atoms with Gasteiger partial charge >= 0.3 is 0 Å². The van der Waals surface area contributed by atoms with Crippen molar-refractivity contribution < 1.29 is 22.4 Å². The molecule has 0 aliphatic carbocycles. The number of aryl methyl sites for hydroxylation is 1. The predicted octanol–water partition coefficient (Wildman–Crippen LogP) is 4.66. The second kappa shape index (κ2) is 11.8. The number of rotatable bonds is 9. The Morgan fingerprint density at radius 2 is 1.50 bits per heavy atom. The summed E-state index contributed by atoms with van der Waals surface area (Å²) in [5, 5.41) is 2.84. The van der Waals surface area contributed by atoms with Crippen molar-refractivity contribution in [1.82, 2.24) is 10.2 Å². The lowest BCUT2D eigenvalue weighted by Crippen LogP contribution is -2.54. The summed E-state index contributed by atoms with van der Waals surface area (Å²) in [5.41, 5.74) is 0.864. The Hall–Kier alpha value is -3.72. The van der Waals surface area contributed by atoms with Crippen molar-refractivity contribution >= 4 is 27.5 Å². The maximum absolute atomic E-state index is 14.6. The lowest BCUT2D eigenvalue weighted by molar-refractivity contribution is -0.140. The van der Waals surface area contributed by atoms with E-state index >= 15 is 0 Å². The third-order valence-corrected chi connectivity index (χ3v) is 7.68. The number of hydrogen-bond donors (Lipinski definition) is 1. The van der Waals surface area contributed by atoms with Crippen LogP contribution >= 0.6 is 0 Å². The minimum Gasteiger partial charge on any atom is -0.350 e. The van der Waals surface area contributed by atoms with E-state index in [1.807, 2.05) is 27.7 Å². The molecule has 3 aromatic carbocycles. The third kappa shape index (κ3) is 7.19. The van der Waals surface area contributed by atoms with Crippen LogP contribution in [0.25, 0.3) is 0 Å². The van der Waals surface area contributed by atoms with Crippen LogP contribution in [0, 0.1) is 12.7 Å². The molecule has 38 heavy (non-hydrogen) atoms. The van der Waals surface area contributed by atoms with Crippen LogP contribution < -0.4 is 9.62 Å². The molecule has 3 rings (SSSR count). The molecule has 0 aliphatic heterocycles. The number of nitrogens with one attached hydrogen (secondary N) is 1. The summed E-state index contributed by atoms with van der Waals surface area (Å²) in [5.74, 6) is -1.61. The summed E-state index contributed by atoms with van der Waals surface area (Å²) in [6.45, 7) is 8.06. The van der Waals surface area contributed by atoms with Crippen molar-refractivity contribution in [3.05, 3.63) is 95.8 Å². The fourth-order valence-electron chi connectivity index (χ4n) is 3.83. The van der Waals surface area contributed by atoms with Gasteiger partial charge in [-0.3, -0.25) is 13.9 Å². The molecule has 1 atom stereocenters. The van der Waals surface area contributed by atoms with Gasteiger partial charge in [0, 0.05) is 17.6 Å². The normalized spacial score (nSPS) is 12.5. The van der Waals surface area contributed by atoms with Crippen LogP contribution in [-0.2, 0) is 26.2 Å². The smallest absolute Gasteiger partial charge is 0.264 e. The molecule has 1 unspecified atom stereocenters. The lowest BCUT2D eigenvalue weighted by Gasteiger charge is -2.33. The summed E-state index contributed by atoms with van der Waals surface area (Å²) in [6.07, 6.45) is 0. The molecule has 0 saturated heterocycles. The lowest BCUT2D eigenvalue weighted by atomic mass is 10.1. The van der Waals surface area contributed by atoms with E-state index < -0.39 is 45.8 Å². The van der Waals surface area contributed by atoms with Crippen LogP contribution in [0.5, 0.6) is 0 Å². The van der Waals surface area contributed by atoms with Crippen LogP contribution in [0.1, 0.15) is 38.8 Å². The maximum Gasteiger partial charge on any atom is 0.264 e. The zero-order chi connectivity index (χ0) is 28.1. The molecule has 2 amide bonds. The number of anilines is 1. The van der Waals surface area contributed by atoms with Gasteiger partial charge in [0.2, 0.25) is 11.8 Å². The number of amides is 2. The molecule has 202 valence electrons. The zero-order valence-corrected chi connectivity index (χ0v) is 23.1. The molecule has 0 radical (unpaired) electrons. The summed E-state index contributed by atoms with van der Waals surface area (Å²) < 4.78 is 43.0. The summed E-state index contributed by atoms with van der Waals surface area (Å²) >= 11 is 0. The van der Waals surface area contributed by atoms with Gasteiger partial charge in [-0.15, -0.1) is 0 Å². The number of halogens is 1. The Kier molecular flexibility index (Phi) is 8.93. The number of carbonyl (C=O) groups excluding carboxylic acids is 2. The first kappa shape index (κ1) is 28.8. The fourth-order valence-corrected chi connectivity index (χ4v) is 5.26. The van der Waals surface area contributed by atoms with Gasteiger partial charge in [0.25, 0.3) is 10.0 Å². The van der Waals surface area contributed by atoms with E-state index in [4.69, 9.17) is 0 Å². The van der Waals surface area contributed by atoms with E-state index in [-0.39, 0.29) is 17.0 Å². The average molecular weight is 540 g/mol. The van der Waals surface area contributed by atoms with E-state index in [0.29, 0.717) is 5.69 Å². The largest absolute Gasteiger partial charge is 0.350 e. The number of nitrogens with zero attached hydrogens (tertiary/aromatic N) is 2. The predicted molar refractivity (Wildman–Crippen MR) is 146 cm³/mol. The average Bonchev–Trinajstić information content (AvgIpc) is 2.86. The first-order valence-corrected chi connectivity index (χ1v) is 13.7. The topological polar surface area (TPSA) is 86.8 Å². The van der Waals surface area contributed by atoms with Gasteiger partial charge < -0.3 is 10.2 Å². The van der Waals surface area contributed by atoms with Crippen molar-refractivity contribution in [2.45, 2.75) is 57.6 Å². The Balaban J connectivity index is 2.03. The Morgan fingerprint density at radius 3 is 2.08 bits per heavy atom. The molecule has 0 spiro atoms. The first-order chi connectivity index (χ1) is 17.8. The molecule has 7 nitrogen and oxygen atoms in total. The van der Waals surface area contributed by atoms with Gasteiger partial charge in [0.05, 0.1) is 10.6 Å². The van der Waals surface area contributed by atoms with Gasteiger partial charge in [0.15, 0.2) is 0 Å². The minimum absolute atomic E-state index is 0.0209. The highest BCUT2D eigenvalue weighted by atomic mass is 32.2. The van der Waals surface area contributed by atoms with Gasteiger partial charge in [-0.25, -0.2) is 12.8 Å². The molecule has 0 aliphatic rings. The van der Waals surface area contributed by atoms with Crippen LogP contribution in [0.2, 0.25) is 0 Å². The van der Waals surface area contributed by atoms with Crippen molar-refractivity contribution in [3.63, 3.8) is 0 Å². The standard InChI is InChI=1S/C29H34FN3O4S/c1-21-15-17-24(18-16-21)33(38(36,37)25-12-7-6-8-13-25)20-27(34)32(19-23-11-9-10-14-26(23)30)22(2)28(35)31-29(3,4)5/h6-18,22H,19-20H2,1-5H3,(H,31,35). The van der Waals surface area contributed by atoms with Crippen LogP contribution in [0.15, 0.2) is 83.8 Å². The second-order valence-corrected chi connectivity index (χ2v) is 12.1. The summed E-state index contributed by atoms with van der Waals surface area (Å²) in [6, 6.07) is 19.6. The molecular formula is C29H34FN3O4S. The van der Waals surface area contributed by atoms with E-state index in [9.17, 15) is 22.4 Å². The minimum atomic E-state index is -4.14. The second-order valence-electron chi connectivity index (χ2n) is 10.2. The third-order valence-electron chi connectivity index (χ3n) is 5.90. The van der Waals surface area contributed by atoms with Gasteiger partial charge in [0.1, 0.15) is 18.4 Å². The van der Waals surface area contributed by atoms with Gasteiger partial charge in [-0.05, 0) is 65.0 Å². The molecule has 0 aromatic heterocycles. The Morgan fingerprint density at radius 1 is 0.921 bits per heavy atom. The summed E-state index contributed by atoms with van der Waals surface area (Å²) in [7, 11) is -4.14.